The van der Waals surface area contributed by atoms with Gasteiger partial charge in [-0.25, -0.2) is 0 Å². The molecule has 2 atom stereocenters. The van der Waals surface area contributed by atoms with Gasteiger partial charge in [0.1, 0.15) is 48.4 Å². The predicted molar refractivity (Wildman–Crippen MR) is 259 cm³/mol. The third kappa shape index (κ3) is 12.5. The molecule has 2 aromatic heterocycles. The number of hydrogen-bond donors (Lipinski definition) is 4. The monoisotopic (exact) mass is 978 g/mol. The van der Waals surface area contributed by atoms with Gasteiger partial charge in [-0.15, -0.1) is 0 Å². The Morgan fingerprint density at radius 2 is 1.15 bits per heavy atom. The van der Waals surface area contributed by atoms with Gasteiger partial charge in [0.15, 0.2) is 36.2 Å². The maximum absolute atomic E-state index is 11.4. The van der Waals surface area contributed by atoms with E-state index in [-0.39, 0.29) is 37.2 Å². The molecule has 0 saturated heterocycles. The lowest BCUT2D eigenvalue weighted by Crippen LogP contribution is -2.38. The third-order valence-electron chi connectivity index (χ3n) is 10.9. The highest BCUT2D eigenvalue weighted by Gasteiger charge is 2.24. The Bertz CT molecular complexity index is 2690. The molecule has 4 aliphatic rings. The molecule has 0 fully saturated rings. The van der Waals surface area contributed by atoms with Crippen LogP contribution < -0.4 is 59.6 Å². The molecule has 17 heteroatoms. The molecule has 10 rings (SSSR count). The molecule has 16 nitrogen and oxygen atoms in total. The van der Waals surface area contributed by atoms with Crippen molar-refractivity contribution in [3.63, 3.8) is 0 Å². The number of fused-ring (bicyclic) bond motifs is 8. The highest BCUT2D eigenvalue weighted by Crippen LogP contribution is 2.40. The van der Waals surface area contributed by atoms with Crippen molar-refractivity contribution < 1.29 is 47.5 Å². The van der Waals surface area contributed by atoms with Gasteiger partial charge >= 0.3 is 0 Å². The molecule has 2 amide bonds. The average molecular weight is 980 g/mol. The fraction of sp³-hybridized carbons (Fsp3) is 0.360. The van der Waals surface area contributed by atoms with Crippen LogP contribution in [0, 0.1) is 13.8 Å². The van der Waals surface area contributed by atoms with Crippen LogP contribution in [0.3, 0.4) is 0 Å². The number of aromatic nitrogens is 2. The molecule has 352 valence electrons. The second kappa shape index (κ2) is 22.8. The lowest BCUT2D eigenvalue weighted by Gasteiger charge is -2.27. The summed E-state index contributed by atoms with van der Waals surface area (Å²) in [5.41, 5.74) is 10.7. The molecule has 0 bridgehead atoms. The summed E-state index contributed by atoms with van der Waals surface area (Å²) in [5, 5.41) is 11.9. The molecule has 6 aromatic rings. The Balaban J connectivity index is 0.000000150. The summed E-state index contributed by atoms with van der Waals surface area (Å²) in [6.07, 6.45) is 3.85. The van der Waals surface area contributed by atoms with Crippen molar-refractivity contribution in [2.45, 2.75) is 51.7 Å². The number of hydrogen-bond acceptors (Lipinski definition) is 14. The summed E-state index contributed by atoms with van der Waals surface area (Å²) in [6, 6.07) is 26.7. The number of alkyl halides is 1. The first-order valence-corrected chi connectivity index (χ1v) is 23.6. The molecule has 6 heterocycles. The molecule has 67 heavy (non-hydrogen) atoms. The van der Waals surface area contributed by atoms with Crippen LogP contribution in [0.2, 0.25) is 0 Å². The Hall–Kier alpha value is -6.56. The van der Waals surface area contributed by atoms with Crippen molar-refractivity contribution >= 4 is 60.9 Å². The number of unbranched alkanes of at least 4 members (excludes halogenated alkanes) is 2. The minimum Gasteiger partial charge on any atom is -0.494 e. The first kappa shape index (κ1) is 47.0. The molecule has 0 unspecified atom stereocenters. The zero-order valence-electron chi connectivity index (χ0n) is 37.6. The van der Waals surface area contributed by atoms with Crippen LogP contribution in [0.1, 0.15) is 37.1 Å². The molecular weight excluding hydrogens is 924 g/mol. The number of aryl methyl sites for hydroxylation is 2. The van der Waals surface area contributed by atoms with Crippen LogP contribution in [-0.4, -0.2) is 98.6 Å². The summed E-state index contributed by atoms with van der Waals surface area (Å²) in [5.74, 6) is 5.63. The lowest BCUT2D eigenvalue weighted by atomic mass is 10.1. The van der Waals surface area contributed by atoms with Gasteiger partial charge in [0.05, 0.1) is 35.6 Å². The number of rotatable bonds is 14. The summed E-state index contributed by atoms with van der Waals surface area (Å²) in [6.45, 7) is 8.42. The number of halogens is 1. The van der Waals surface area contributed by atoms with Crippen molar-refractivity contribution in [2.24, 2.45) is 5.73 Å². The fourth-order valence-corrected chi connectivity index (χ4v) is 7.86. The van der Waals surface area contributed by atoms with Crippen LogP contribution in [0.5, 0.6) is 46.0 Å². The number of anilines is 2. The largest absolute Gasteiger partial charge is 0.494 e. The van der Waals surface area contributed by atoms with Gasteiger partial charge in [0.2, 0.25) is 0 Å². The first-order valence-electron chi connectivity index (χ1n) is 22.5. The smallest absolute Gasteiger partial charge is 0.262 e. The Morgan fingerprint density at radius 3 is 1.69 bits per heavy atom. The number of amides is 2. The molecule has 4 aromatic carbocycles. The number of nitrogens with zero attached hydrogens (tertiary/aromatic N) is 2. The topological polar surface area (TPSA) is 196 Å². The van der Waals surface area contributed by atoms with Crippen molar-refractivity contribution in [1.29, 1.82) is 0 Å². The number of nitrogens with two attached hydrogens (primary N) is 1. The molecule has 0 saturated carbocycles. The van der Waals surface area contributed by atoms with Gasteiger partial charge in [-0.05, 0) is 119 Å². The number of pyridine rings is 2. The molecule has 0 aliphatic carbocycles. The summed E-state index contributed by atoms with van der Waals surface area (Å²) < 4.78 is 45.6. The fourth-order valence-electron chi connectivity index (χ4n) is 7.47. The summed E-state index contributed by atoms with van der Waals surface area (Å²) in [7, 11) is 0. The number of nitrogens with one attached hydrogen (secondary N) is 3. The van der Waals surface area contributed by atoms with E-state index in [1.165, 1.54) is 0 Å². The van der Waals surface area contributed by atoms with Gasteiger partial charge in [0.25, 0.3) is 11.8 Å². The van der Waals surface area contributed by atoms with Gasteiger partial charge in [-0.1, -0.05) is 15.9 Å². The molecular formula is C50H55BrN6O10. The number of carbonyl (C=O) groups excluding carboxylic acids is 2. The Kier molecular flexibility index (Phi) is 15.9. The van der Waals surface area contributed by atoms with Crippen LogP contribution in [-0.2, 0) is 9.59 Å². The van der Waals surface area contributed by atoms with E-state index < -0.39 is 0 Å². The molecule has 4 aliphatic heterocycles. The summed E-state index contributed by atoms with van der Waals surface area (Å²) in [4.78, 5) is 31.6. The zero-order chi connectivity index (χ0) is 46.5. The van der Waals surface area contributed by atoms with E-state index in [0.29, 0.717) is 62.4 Å². The van der Waals surface area contributed by atoms with Crippen LogP contribution in [0.25, 0.3) is 21.8 Å². The predicted octanol–water partition coefficient (Wildman–Crippen LogP) is 7.68. The highest BCUT2D eigenvalue weighted by atomic mass is 79.9. The van der Waals surface area contributed by atoms with E-state index in [1.807, 2.05) is 86.6 Å². The van der Waals surface area contributed by atoms with E-state index in [9.17, 15) is 9.59 Å². The van der Waals surface area contributed by atoms with Crippen LogP contribution in [0.15, 0.2) is 84.9 Å². The van der Waals surface area contributed by atoms with Crippen molar-refractivity contribution in [2.75, 3.05) is 75.2 Å². The summed E-state index contributed by atoms with van der Waals surface area (Å²) >= 11 is 3.37. The lowest BCUT2D eigenvalue weighted by molar-refractivity contribution is -0.119. The standard InChI is InChI=1S/C25H27N3O5.C13H14N2O2.C12H14BrNO3/c1-16-4-6-19-20(27-16)7-9-23-25(19)33-18(14-31-23)13-26-10-2-3-11-30-17-5-8-22-21(12-17)28-24(29)15-32-22;1-8-2-3-10-11(15-8)4-5-12-13(10)17-9(6-14)7-16-12;13-5-1-2-6-16-9-3-4-11-10(7-9)14-12(15)8-17-11/h4-9,12,18,26H,2-3,10-11,13-15H2,1H3,(H,28,29);2-5,9H,6-7,14H2,1H3;3-4,7H,1-2,5-6,8H2,(H,14,15)/t18-;9-;/m00./s1. The molecule has 0 spiro atoms. The Morgan fingerprint density at radius 1 is 0.642 bits per heavy atom. The van der Waals surface area contributed by atoms with E-state index in [4.69, 9.17) is 43.6 Å². The number of benzene rings is 4. The average Bonchev–Trinajstić information content (AvgIpc) is 3.34. The second-order valence-corrected chi connectivity index (χ2v) is 16.9. The van der Waals surface area contributed by atoms with E-state index >= 15 is 0 Å². The van der Waals surface area contributed by atoms with Gasteiger partial charge in [-0.3, -0.25) is 19.6 Å². The van der Waals surface area contributed by atoms with Crippen molar-refractivity contribution in [1.82, 2.24) is 15.3 Å². The van der Waals surface area contributed by atoms with Crippen molar-refractivity contribution in [3.8, 4) is 46.0 Å². The zero-order valence-corrected chi connectivity index (χ0v) is 39.2. The first-order chi connectivity index (χ1) is 32.7. The van der Waals surface area contributed by atoms with Gasteiger partial charge in [-0.2, -0.15) is 0 Å². The number of ether oxygens (including phenoxy) is 8. The van der Waals surface area contributed by atoms with Crippen LogP contribution >= 0.6 is 15.9 Å². The maximum atomic E-state index is 11.4. The van der Waals surface area contributed by atoms with Crippen molar-refractivity contribution in [3.05, 3.63) is 96.3 Å². The van der Waals surface area contributed by atoms with Crippen LogP contribution in [0.4, 0.5) is 11.4 Å². The maximum Gasteiger partial charge on any atom is 0.262 e. The van der Waals surface area contributed by atoms with Gasteiger partial charge < -0.3 is 59.6 Å². The number of carbonyl (C=O) groups is 2. The SMILES string of the molecule is Cc1ccc2c3c(ccc2n1)OC[C@H](CN)O3.Cc1ccc2c3c(ccc2n1)OC[C@H](CNCCCCOc1ccc2c(c1)NC(=O)CO2)O3.O=C1COc2ccc(OCCCCBr)cc2N1. The Labute approximate surface area is 397 Å². The van der Waals surface area contributed by atoms with E-state index in [1.54, 1.807) is 12.1 Å². The van der Waals surface area contributed by atoms with E-state index in [0.717, 1.165) is 105 Å². The third-order valence-corrected chi connectivity index (χ3v) is 11.4. The molecule has 0 radical (unpaired) electrons. The highest BCUT2D eigenvalue weighted by molar-refractivity contribution is 9.09. The normalized spacial score (nSPS) is 16.3. The molecule has 5 N–H and O–H groups in total. The van der Waals surface area contributed by atoms with Gasteiger partial charge in [0, 0.05) is 52.7 Å². The minimum absolute atomic E-state index is 0.0476. The van der Waals surface area contributed by atoms with E-state index in [2.05, 4.69) is 41.8 Å². The second-order valence-electron chi connectivity index (χ2n) is 16.2. The minimum atomic E-state index is -0.151. The quantitative estimate of drug-likeness (QED) is 0.0613.